The Hall–Kier alpha value is -3.06. The van der Waals surface area contributed by atoms with Crippen LogP contribution < -0.4 is 9.47 Å². The fraction of sp³-hybridized carbons (Fsp3) is 0.0588. The first kappa shape index (κ1) is 12.9. The number of nitrogens with zero attached hydrogens (tertiary/aromatic N) is 2. The summed E-state index contributed by atoms with van der Waals surface area (Å²) in [7, 11) is 1.57. The summed E-state index contributed by atoms with van der Waals surface area (Å²) in [5.74, 6) is 1.70. The number of methoxy groups -OCH3 is 1. The highest BCUT2D eigenvalue weighted by Crippen LogP contribution is 2.32. The number of ether oxygens (including phenoxy) is 2. The molecule has 3 rings (SSSR count). The van der Waals surface area contributed by atoms with Gasteiger partial charge in [0.25, 0.3) is 0 Å². The van der Waals surface area contributed by atoms with E-state index in [9.17, 15) is 5.26 Å². The van der Waals surface area contributed by atoms with Crippen LogP contribution in [-0.2, 0) is 0 Å². The molecular formula is C17H12N2O2. The van der Waals surface area contributed by atoms with Gasteiger partial charge in [0, 0.05) is 17.6 Å². The number of nitriles is 1. The van der Waals surface area contributed by atoms with Gasteiger partial charge in [-0.05, 0) is 24.3 Å². The Morgan fingerprint density at radius 1 is 1.05 bits per heavy atom. The second-order valence-corrected chi connectivity index (χ2v) is 4.41. The smallest absolute Gasteiger partial charge is 0.153 e. The number of aromatic nitrogens is 1. The number of rotatable bonds is 3. The number of fused-ring (bicyclic) bond motifs is 1. The molecule has 21 heavy (non-hydrogen) atoms. The average Bonchev–Trinajstić information content (AvgIpc) is 2.55. The molecule has 0 aliphatic rings. The van der Waals surface area contributed by atoms with Crippen LogP contribution >= 0.6 is 0 Å². The molecule has 0 unspecified atom stereocenters. The molecule has 0 aliphatic heterocycles. The van der Waals surface area contributed by atoms with Crippen LogP contribution in [0.5, 0.6) is 17.2 Å². The van der Waals surface area contributed by atoms with E-state index in [1.54, 1.807) is 31.5 Å². The van der Waals surface area contributed by atoms with Gasteiger partial charge in [-0.25, -0.2) is 0 Å². The number of hydrogen-bond acceptors (Lipinski definition) is 4. The third kappa shape index (κ3) is 2.49. The second-order valence-electron chi connectivity index (χ2n) is 4.41. The Balaban J connectivity index is 2.08. The van der Waals surface area contributed by atoms with Crippen molar-refractivity contribution in [1.82, 2.24) is 4.98 Å². The minimum Gasteiger partial charge on any atom is -0.497 e. The van der Waals surface area contributed by atoms with Gasteiger partial charge >= 0.3 is 0 Å². The van der Waals surface area contributed by atoms with Gasteiger partial charge in [-0.1, -0.05) is 18.2 Å². The van der Waals surface area contributed by atoms with Gasteiger partial charge in [0.1, 0.15) is 23.1 Å². The molecule has 0 amide bonds. The van der Waals surface area contributed by atoms with Gasteiger partial charge in [-0.2, -0.15) is 5.26 Å². The maximum atomic E-state index is 9.19. The molecule has 4 nitrogen and oxygen atoms in total. The van der Waals surface area contributed by atoms with Crippen LogP contribution in [0.2, 0.25) is 0 Å². The molecule has 0 bridgehead atoms. The molecule has 0 fully saturated rings. The molecule has 0 aliphatic carbocycles. The molecule has 0 atom stereocenters. The Bertz CT molecular complexity index is 832. The Labute approximate surface area is 122 Å². The zero-order valence-electron chi connectivity index (χ0n) is 11.4. The fourth-order valence-electron chi connectivity index (χ4n) is 2.08. The average molecular weight is 276 g/mol. The molecule has 0 N–H and O–H groups in total. The van der Waals surface area contributed by atoms with Crippen LogP contribution in [0.15, 0.2) is 54.7 Å². The summed E-state index contributed by atoms with van der Waals surface area (Å²) in [6.07, 6.45) is 1.71. The van der Waals surface area contributed by atoms with Gasteiger partial charge in [0.05, 0.1) is 12.7 Å². The standard InChI is InChI=1S/C17H12N2O2/c1-20-14-8-7-13(11-18)16(10-14)21-15-6-2-4-12-5-3-9-19-17(12)15/h2-10H,1H3. The van der Waals surface area contributed by atoms with Crippen molar-refractivity contribution in [1.29, 1.82) is 5.26 Å². The normalized spacial score (nSPS) is 10.1. The maximum Gasteiger partial charge on any atom is 0.153 e. The van der Waals surface area contributed by atoms with Crippen LogP contribution in [0.3, 0.4) is 0 Å². The largest absolute Gasteiger partial charge is 0.497 e. The third-order valence-corrected chi connectivity index (χ3v) is 3.12. The third-order valence-electron chi connectivity index (χ3n) is 3.12. The van der Waals surface area contributed by atoms with Crippen molar-refractivity contribution in [3.63, 3.8) is 0 Å². The van der Waals surface area contributed by atoms with Gasteiger partial charge in [0.15, 0.2) is 5.75 Å². The molecule has 0 saturated heterocycles. The first-order valence-corrected chi connectivity index (χ1v) is 6.41. The highest BCUT2D eigenvalue weighted by Gasteiger charge is 2.09. The number of hydrogen-bond donors (Lipinski definition) is 0. The van der Waals surface area contributed by atoms with Crippen LogP contribution in [-0.4, -0.2) is 12.1 Å². The topological polar surface area (TPSA) is 55.1 Å². The van der Waals surface area contributed by atoms with Crippen LogP contribution in [0.4, 0.5) is 0 Å². The van der Waals surface area contributed by atoms with Crippen LogP contribution in [0, 0.1) is 11.3 Å². The molecule has 0 saturated carbocycles. The quantitative estimate of drug-likeness (QED) is 0.727. The number of pyridine rings is 1. The second kappa shape index (κ2) is 5.51. The Morgan fingerprint density at radius 3 is 2.71 bits per heavy atom. The molecular weight excluding hydrogens is 264 g/mol. The molecule has 3 aromatic rings. The zero-order valence-corrected chi connectivity index (χ0v) is 11.4. The van der Waals surface area contributed by atoms with Crippen molar-refractivity contribution < 1.29 is 9.47 Å². The zero-order chi connectivity index (χ0) is 14.7. The predicted octanol–water partition coefficient (Wildman–Crippen LogP) is 3.91. The molecule has 0 radical (unpaired) electrons. The Morgan fingerprint density at radius 2 is 1.90 bits per heavy atom. The molecule has 0 spiro atoms. The Kier molecular flexibility index (Phi) is 3.40. The summed E-state index contributed by atoms with van der Waals surface area (Å²) in [4.78, 5) is 4.34. The van der Waals surface area contributed by atoms with E-state index in [1.165, 1.54) is 0 Å². The van der Waals surface area contributed by atoms with Gasteiger partial charge in [-0.3, -0.25) is 4.98 Å². The van der Waals surface area contributed by atoms with Crippen molar-refractivity contribution in [2.24, 2.45) is 0 Å². The van der Waals surface area contributed by atoms with E-state index in [0.29, 0.717) is 22.8 Å². The molecule has 2 aromatic carbocycles. The van der Waals surface area contributed by atoms with E-state index in [0.717, 1.165) is 10.9 Å². The summed E-state index contributed by atoms with van der Waals surface area (Å²) in [5.41, 5.74) is 1.20. The van der Waals surface area contributed by atoms with E-state index in [1.807, 2.05) is 30.3 Å². The molecule has 4 heteroatoms. The van der Waals surface area contributed by atoms with Crippen LogP contribution in [0.25, 0.3) is 10.9 Å². The van der Waals surface area contributed by atoms with Gasteiger partial charge in [0.2, 0.25) is 0 Å². The molecule has 1 aromatic heterocycles. The first-order valence-electron chi connectivity index (χ1n) is 6.41. The summed E-state index contributed by atoms with van der Waals surface area (Å²) in [6, 6.07) is 16.7. The monoisotopic (exact) mass is 276 g/mol. The lowest BCUT2D eigenvalue weighted by molar-refractivity contribution is 0.409. The minimum absolute atomic E-state index is 0.448. The van der Waals surface area contributed by atoms with E-state index in [4.69, 9.17) is 9.47 Å². The maximum absolute atomic E-state index is 9.19. The summed E-state index contributed by atoms with van der Waals surface area (Å²) in [5, 5.41) is 10.2. The highest BCUT2D eigenvalue weighted by atomic mass is 16.5. The van der Waals surface area contributed by atoms with Gasteiger partial charge in [-0.15, -0.1) is 0 Å². The lowest BCUT2D eigenvalue weighted by Gasteiger charge is -2.10. The number of para-hydroxylation sites is 1. The summed E-state index contributed by atoms with van der Waals surface area (Å²) >= 11 is 0. The van der Waals surface area contributed by atoms with E-state index in [-0.39, 0.29) is 0 Å². The van der Waals surface area contributed by atoms with E-state index >= 15 is 0 Å². The summed E-state index contributed by atoms with van der Waals surface area (Å²) in [6.45, 7) is 0. The van der Waals surface area contributed by atoms with Crippen molar-refractivity contribution in [3.05, 3.63) is 60.3 Å². The lowest BCUT2D eigenvalue weighted by Crippen LogP contribution is -1.92. The SMILES string of the molecule is COc1ccc(C#N)c(Oc2cccc3cccnc23)c1. The molecule has 1 heterocycles. The van der Waals surface area contributed by atoms with Crippen molar-refractivity contribution >= 4 is 10.9 Å². The van der Waals surface area contributed by atoms with E-state index in [2.05, 4.69) is 11.1 Å². The molecule has 102 valence electrons. The summed E-state index contributed by atoms with van der Waals surface area (Å²) < 4.78 is 11.1. The lowest BCUT2D eigenvalue weighted by atomic mass is 10.2. The van der Waals surface area contributed by atoms with Crippen LogP contribution in [0.1, 0.15) is 5.56 Å². The first-order chi connectivity index (χ1) is 10.3. The fourth-order valence-corrected chi connectivity index (χ4v) is 2.08. The van der Waals surface area contributed by atoms with Crippen molar-refractivity contribution in [2.45, 2.75) is 0 Å². The number of benzene rings is 2. The van der Waals surface area contributed by atoms with Gasteiger partial charge < -0.3 is 9.47 Å². The van der Waals surface area contributed by atoms with Crippen molar-refractivity contribution in [2.75, 3.05) is 7.11 Å². The van der Waals surface area contributed by atoms with Crippen molar-refractivity contribution in [3.8, 4) is 23.3 Å². The minimum atomic E-state index is 0.448. The van der Waals surface area contributed by atoms with E-state index < -0.39 is 0 Å². The predicted molar refractivity (Wildman–Crippen MR) is 79.5 cm³/mol. The highest BCUT2D eigenvalue weighted by molar-refractivity contribution is 5.84.